The van der Waals surface area contributed by atoms with Crippen LogP contribution in [0.25, 0.3) is 6.08 Å². The topological polar surface area (TPSA) is 34.1 Å². The molecule has 6 rings (SSSR count). The predicted molar refractivity (Wildman–Crippen MR) is 125 cm³/mol. The van der Waals surface area contributed by atoms with Gasteiger partial charge in [0, 0.05) is 36.5 Å². The molecule has 0 amide bonds. The number of ketones is 2. The van der Waals surface area contributed by atoms with Gasteiger partial charge in [0.05, 0.1) is 0 Å². The van der Waals surface area contributed by atoms with Crippen molar-refractivity contribution in [2.45, 2.75) is 68.6 Å². The van der Waals surface area contributed by atoms with Gasteiger partial charge in [-0.15, -0.1) is 0 Å². The first-order chi connectivity index (χ1) is 15.1. The summed E-state index contributed by atoms with van der Waals surface area (Å²) < 4.78 is 0. The van der Waals surface area contributed by atoms with Gasteiger partial charge in [0.15, 0.2) is 0 Å². The van der Waals surface area contributed by atoms with E-state index >= 15 is 0 Å². The summed E-state index contributed by atoms with van der Waals surface area (Å²) in [6.07, 6.45) is 17.3. The van der Waals surface area contributed by atoms with E-state index in [1.807, 2.05) is 0 Å². The van der Waals surface area contributed by atoms with E-state index in [-0.39, 0.29) is 10.8 Å². The van der Waals surface area contributed by atoms with Crippen LogP contribution in [0.4, 0.5) is 0 Å². The van der Waals surface area contributed by atoms with E-state index in [1.165, 1.54) is 22.3 Å². The summed E-state index contributed by atoms with van der Waals surface area (Å²) in [5.74, 6) is 0.843. The summed E-state index contributed by atoms with van der Waals surface area (Å²) in [5.41, 5.74) is 5.53. The van der Waals surface area contributed by atoms with Crippen molar-refractivity contribution in [1.82, 2.24) is 0 Å². The summed E-state index contributed by atoms with van der Waals surface area (Å²) in [5, 5.41) is 0. The van der Waals surface area contributed by atoms with Crippen LogP contribution in [0.3, 0.4) is 0 Å². The van der Waals surface area contributed by atoms with Crippen LogP contribution >= 0.6 is 0 Å². The summed E-state index contributed by atoms with van der Waals surface area (Å²) in [4.78, 5) is 23.3. The highest BCUT2D eigenvalue weighted by Crippen LogP contribution is 2.45. The summed E-state index contributed by atoms with van der Waals surface area (Å²) in [7, 11) is 0. The number of benzene rings is 2. The Labute approximate surface area is 185 Å². The van der Waals surface area contributed by atoms with E-state index in [9.17, 15) is 9.59 Å². The van der Waals surface area contributed by atoms with E-state index in [1.54, 1.807) is 0 Å². The fourth-order valence-electron chi connectivity index (χ4n) is 6.12. The number of Topliss-reactive ketones (excluding diaryl/α,β-unsaturated/α-hetero) is 2. The minimum Gasteiger partial charge on any atom is -0.300 e. The van der Waals surface area contributed by atoms with Crippen molar-refractivity contribution < 1.29 is 9.59 Å². The van der Waals surface area contributed by atoms with Gasteiger partial charge in [-0.3, -0.25) is 9.59 Å². The van der Waals surface area contributed by atoms with E-state index < -0.39 is 0 Å². The molecule has 0 bridgehead atoms. The summed E-state index contributed by atoms with van der Waals surface area (Å²) in [6.45, 7) is 0. The van der Waals surface area contributed by atoms with E-state index in [0.717, 1.165) is 44.9 Å². The molecule has 2 unspecified atom stereocenters. The maximum absolute atomic E-state index is 11.7. The third kappa shape index (κ3) is 3.73. The molecule has 2 fully saturated rings. The Morgan fingerprint density at radius 2 is 1.29 bits per heavy atom. The van der Waals surface area contributed by atoms with Crippen molar-refractivity contribution in [2.24, 2.45) is 0 Å². The second kappa shape index (κ2) is 8.07. The molecule has 0 aromatic heterocycles. The van der Waals surface area contributed by atoms with E-state index in [4.69, 9.17) is 0 Å². The highest BCUT2D eigenvalue weighted by molar-refractivity contribution is 5.83. The monoisotopic (exact) mass is 410 g/mol. The van der Waals surface area contributed by atoms with Crippen molar-refractivity contribution >= 4 is 17.6 Å². The minimum absolute atomic E-state index is 0.0319. The van der Waals surface area contributed by atoms with Gasteiger partial charge < -0.3 is 0 Å². The number of rotatable bonds is 0. The molecule has 0 radical (unpaired) electrons. The molecule has 2 atom stereocenters. The lowest BCUT2D eigenvalue weighted by atomic mass is 9.65. The lowest BCUT2D eigenvalue weighted by molar-refractivity contribution is -0.122. The molecule has 31 heavy (non-hydrogen) atoms. The lowest BCUT2D eigenvalue weighted by Crippen LogP contribution is -2.33. The van der Waals surface area contributed by atoms with Gasteiger partial charge in [0.1, 0.15) is 11.6 Å². The average Bonchev–Trinajstić information content (AvgIpc) is 3.12. The molecule has 2 spiro atoms. The summed E-state index contributed by atoms with van der Waals surface area (Å²) >= 11 is 0. The highest BCUT2D eigenvalue weighted by atomic mass is 16.1. The first-order valence-corrected chi connectivity index (χ1v) is 11.7. The second-order valence-corrected chi connectivity index (χ2v) is 9.63. The second-order valence-electron chi connectivity index (χ2n) is 9.63. The van der Waals surface area contributed by atoms with Gasteiger partial charge in [-0.25, -0.2) is 0 Å². The molecular formula is C29H30O2. The Kier molecular flexibility index (Phi) is 5.25. The van der Waals surface area contributed by atoms with Gasteiger partial charge in [0.25, 0.3) is 0 Å². The molecule has 0 aliphatic heterocycles. The van der Waals surface area contributed by atoms with Crippen molar-refractivity contribution in [3.8, 4) is 0 Å². The van der Waals surface area contributed by atoms with E-state index in [2.05, 4.69) is 72.8 Å². The minimum atomic E-state index is 0.0319. The number of carbonyl (C=O) groups is 2. The van der Waals surface area contributed by atoms with Gasteiger partial charge in [-0.05, 0) is 54.4 Å². The molecule has 2 nitrogen and oxygen atoms in total. The Morgan fingerprint density at radius 3 is 2.00 bits per heavy atom. The Bertz CT molecular complexity index is 1080. The highest BCUT2D eigenvalue weighted by Gasteiger charge is 2.39. The number of hydrogen-bond donors (Lipinski definition) is 0. The average molecular weight is 411 g/mol. The molecule has 4 aliphatic carbocycles. The molecular weight excluding hydrogens is 380 g/mol. The zero-order valence-electron chi connectivity index (χ0n) is 18.1. The number of fused-ring (bicyclic) bond motifs is 4. The van der Waals surface area contributed by atoms with Crippen LogP contribution in [-0.4, -0.2) is 11.6 Å². The van der Waals surface area contributed by atoms with Gasteiger partial charge in [-0.1, -0.05) is 72.8 Å². The third-order valence-corrected chi connectivity index (χ3v) is 7.59. The molecule has 0 saturated heterocycles. The van der Waals surface area contributed by atoms with Gasteiger partial charge >= 0.3 is 0 Å². The standard InChI is InChI=1S/C15H16O.C14H14O/c16-13-7-4-10-15(11-13)9-3-6-12-5-1-2-8-14(12)15;15-12-5-3-8-14(10-12)9-7-11-4-1-2-6-13(11)14/h1-3,5,8-9H,4,6-7,10-11H2;1-2,4,6-7,9H,3,5,8,10H2. The van der Waals surface area contributed by atoms with Crippen LogP contribution in [0.2, 0.25) is 0 Å². The molecule has 2 saturated carbocycles. The normalized spacial score (nSPS) is 28.3. The smallest absolute Gasteiger partial charge is 0.134 e. The zero-order valence-corrected chi connectivity index (χ0v) is 18.1. The number of allylic oxidation sites excluding steroid dienone is 3. The lowest BCUT2D eigenvalue weighted by Gasteiger charge is -2.38. The summed E-state index contributed by atoms with van der Waals surface area (Å²) in [6, 6.07) is 17.0. The SMILES string of the molecule is O=C1CCCC2(C=CCc3ccccc32)C1.O=C1CCCC2(C=Cc3ccccc32)C1. The Morgan fingerprint density at radius 1 is 0.677 bits per heavy atom. The van der Waals surface area contributed by atoms with Crippen molar-refractivity contribution in [3.05, 3.63) is 89.0 Å². The molecule has 0 heterocycles. The van der Waals surface area contributed by atoms with Gasteiger partial charge in [-0.2, -0.15) is 0 Å². The first kappa shape index (κ1) is 20.2. The van der Waals surface area contributed by atoms with Crippen LogP contribution in [0.15, 0.2) is 66.8 Å². The maximum Gasteiger partial charge on any atom is 0.134 e. The molecule has 0 N–H and O–H groups in total. The molecule has 4 aliphatic rings. The quantitative estimate of drug-likeness (QED) is 0.479. The number of hydrogen-bond acceptors (Lipinski definition) is 2. The Hall–Kier alpha value is -2.74. The maximum atomic E-state index is 11.7. The molecule has 2 aromatic carbocycles. The third-order valence-electron chi connectivity index (χ3n) is 7.59. The van der Waals surface area contributed by atoms with Crippen molar-refractivity contribution in [1.29, 1.82) is 0 Å². The fraction of sp³-hybridized carbons (Fsp3) is 0.379. The van der Waals surface area contributed by atoms with Crippen LogP contribution in [0.5, 0.6) is 0 Å². The van der Waals surface area contributed by atoms with Gasteiger partial charge in [0.2, 0.25) is 0 Å². The molecule has 158 valence electrons. The first-order valence-electron chi connectivity index (χ1n) is 11.7. The zero-order chi connectivity index (χ0) is 21.3. The predicted octanol–water partition coefficient (Wildman–Crippen LogP) is 6.27. The van der Waals surface area contributed by atoms with Crippen LogP contribution in [-0.2, 0) is 26.8 Å². The number of carbonyl (C=O) groups excluding carboxylic acids is 2. The van der Waals surface area contributed by atoms with Crippen LogP contribution in [0.1, 0.15) is 73.6 Å². The molecule has 2 aromatic rings. The molecule has 2 heteroatoms. The van der Waals surface area contributed by atoms with Crippen molar-refractivity contribution in [3.63, 3.8) is 0 Å². The van der Waals surface area contributed by atoms with Crippen LogP contribution in [0, 0.1) is 0 Å². The van der Waals surface area contributed by atoms with Crippen molar-refractivity contribution in [2.75, 3.05) is 0 Å². The Balaban J connectivity index is 0.000000132. The largest absolute Gasteiger partial charge is 0.300 e. The fourth-order valence-corrected chi connectivity index (χ4v) is 6.12. The van der Waals surface area contributed by atoms with E-state index in [0.29, 0.717) is 24.4 Å². The van der Waals surface area contributed by atoms with Crippen LogP contribution < -0.4 is 0 Å².